The molecule has 2 fully saturated rings. The molecule has 2 aliphatic rings. The Labute approximate surface area is 132 Å². The Kier molecular flexibility index (Phi) is 3.66. The highest BCUT2D eigenvalue weighted by atomic mass is 19.3. The van der Waals surface area contributed by atoms with E-state index < -0.39 is 6.43 Å². The number of halogens is 2. The molecule has 1 saturated carbocycles. The number of piperidine rings is 1. The molecule has 0 atom stereocenters. The number of hydrogen-bond donors (Lipinski definition) is 0. The monoisotopic (exact) mass is 320 g/mol. The summed E-state index contributed by atoms with van der Waals surface area (Å²) in [6.07, 6.45) is 6.12. The molecule has 6 nitrogen and oxygen atoms in total. The molecule has 0 spiro atoms. The van der Waals surface area contributed by atoms with Gasteiger partial charge in [0.2, 0.25) is 0 Å². The molecule has 0 amide bonds. The molecular formula is C15H18F2N6. The third-order valence-electron chi connectivity index (χ3n) is 4.61. The summed E-state index contributed by atoms with van der Waals surface area (Å²) < 4.78 is 28.3. The lowest BCUT2D eigenvalue weighted by Gasteiger charge is -2.33. The lowest BCUT2D eigenvalue weighted by atomic mass is 9.95. The van der Waals surface area contributed by atoms with Gasteiger partial charge in [-0.15, -0.1) is 10.2 Å². The van der Waals surface area contributed by atoms with Crippen molar-refractivity contribution in [3.8, 4) is 0 Å². The molecule has 122 valence electrons. The summed E-state index contributed by atoms with van der Waals surface area (Å²) >= 11 is 0. The summed E-state index contributed by atoms with van der Waals surface area (Å²) in [4.78, 5) is 9.81. The Morgan fingerprint density at radius 1 is 1.04 bits per heavy atom. The zero-order valence-corrected chi connectivity index (χ0v) is 12.6. The van der Waals surface area contributed by atoms with E-state index in [1.807, 2.05) is 11.2 Å². The Morgan fingerprint density at radius 3 is 2.48 bits per heavy atom. The second kappa shape index (κ2) is 5.82. The van der Waals surface area contributed by atoms with Crippen molar-refractivity contribution in [2.45, 2.75) is 44.1 Å². The van der Waals surface area contributed by atoms with E-state index in [-0.39, 0.29) is 5.69 Å². The van der Waals surface area contributed by atoms with Gasteiger partial charge in [0.25, 0.3) is 6.43 Å². The van der Waals surface area contributed by atoms with E-state index >= 15 is 0 Å². The van der Waals surface area contributed by atoms with Crippen LogP contribution < -0.4 is 4.90 Å². The van der Waals surface area contributed by atoms with Crippen molar-refractivity contribution in [3.63, 3.8) is 0 Å². The van der Waals surface area contributed by atoms with Gasteiger partial charge < -0.3 is 9.47 Å². The summed E-state index contributed by atoms with van der Waals surface area (Å²) in [6.45, 7) is 1.36. The van der Waals surface area contributed by atoms with Crippen LogP contribution in [-0.4, -0.2) is 37.8 Å². The number of nitrogens with zero attached hydrogens (tertiary/aromatic N) is 6. The number of alkyl halides is 2. The van der Waals surface area contributed by atoms with Crippen molar-refractivity contribution < 1.29 is 8.78 Å². The van der Waals surface area contributed by atoms with E-state index in [1.54, 1.807) is 0 Å². The van der Waals surface area contributed by atoms with Gasteiger partial charge in [-0.3, -0.25) is 0 Å². The van der Waals surface area contributed by atoms with Crippen LogP contribution in [0.4, 0.5) is 14.6 Å². The van der Waals surface area contributed by atoms with Crippen molar-refractivity contribution in [1.82, 2.24) is 24.7 Å². The van der Waals surface area contributed by atoms with Crippen LogP contribution in [0.15, 0.2) is 18.7 Å². The third-order valence-corrected chi connectivity index (χ3v) is 4.61. The van der Waals surface area contributed by atoms with Gasteiger partial charge in [-0.2, -0.15) is 0 Å². The minimum absolute atomic E-state index is 0.230. The zero-order chi connectivity index (χ0) is 15.8. The van der Waals surface area contributed by atoms with Crippen LogP contribution in [0.25, 0.3) is 0 Å². The molecule has 0 unspecified atom stereocenters. The molecule has 2 aromatic rings. The quantitative estimate of drug-likeness (QED) is 0.867. The van der Waals surface area contributed by atoms with Gasteiger partial charge in [-0.1, -0.05) is 0 Å². The van der Waals surface area contributed by atoms with Crippen molar-refractivity contribution >= 4 is 5.82 Å². The first kappa shape index (κ1) is 14.5. The van der Waals surface area contributed by atoms with Gasteiger partial charge in [-0.25, -0.2) is 18.7 Å². The second-order valence-corrected chi connectivity index (χ2v) is 6.15. The Hall–Kier alpha value is -2.12. The first-order valence-electron chi connectivity index (χ1n) is 7.97. The molecule has 1 aliphatic carbocycles. The van der Waals surface area contributed by atoms with Crippen LogP contribution in [0.1, 0.15) is 55.6 Å². The fourth-order valence-corrected chi connectivity index (χ4v) is 3.27. The van der Waals surface area contributed by atoms with E-state index in [1.165, 1.54) is 25.2 Å². The minimum atomic E-state index is -2.60. The lowest BCUT2D eigenvalue weighted by Crippen LogP contribution is -2.35. The topological polar surface area (TPSA) is 59.7 Å². The number of anilines is 1. The van der Waals surface area contributed by atoms with E-state index in [2.05, 4.69) is 24.7 Å². The van der Waals surface area contributed by atoms with Crippen molar-refractivity contribution in [3.05, 3.63) is 30.2 Å². The molecule has 1 saturated heterocycles. The normalized spacial score (nSPS) is 19.5. The van der Waals surface area contributed by atoms with Crippen LogP contribution in [-0.2, 0) is 0 Å². The van der Waals surface area contributed by atoms with Crippen molar-refractivity contribution in [2.75, 3.05) is 18.0 Å². The molecule has 3 heterocycles. The number of rotatable bonds is 4. The standard InChI is InChI=1S/C15H18F2N6/c16-13(17)12-15(19-6-5-18-12)22-7-3-10(4-8-22)14-21-20-9-23(14)11-1-2-11/h5-6,9-11,13H,1-4,7-8H2. The first-order valence-corrected chi connectivity index (χ1v) is 7.97. The highest BCUT2D eigenvalue weighted by Crippen LogP contribution is 2.39. The SMILES string of the molecule is FC(F)c1nccnc1N1CCC(c2nncn2C2CC2)CC1. The number of aromatic nitrogens is 5. The van der Waals surface area contributed by atoms with Gasteiger partial charge >= 0.3 is 0 Å². The molecule has 23 heavy (non-hydrogen) atoms. The van der Waals surface area contributed by atoms with Gasteiger partial charge in [0.15, 0.2) is 5.82 Å². The lowest BCUT2D eigenvalue weighted by molar-refractivity contribution is 0.146. The van der Waals surface area contributed by atoms with Gasteiger partial charge in [0.05, 0.1) is 0 Å². The average Bonchev–Trinajstić information content (AvgIpc) is 3.32. The summed E-state index contributed by atoms with van der Waals surface area (Å²) in [7, 11) is 0. The predicted molar refractivity (Wildman–Crippen MR) is 79.5 cm³/mol. The van der Waals surface area contributed by atoms with Gasteiger partial charge in [0.1, 0.15) is 17.8 Å². The number of hydrogen-bond acceptors (Lipinski definition) is 5. The molecule has 0 aromatic carbocycles. The molecular weight excluding hydrogens is 302 g/mol. The molecule has 2 aromatic heterocycles. The predicted octanol–water partition coefficient (Wildman–Crippen LogP) is 2.72. The van der Waals surface area contributed by atoms with Gasteiger partial charge in [0, 0.05) is 37.4 Å². The van der Waals surface area contributed by atoms with Crippen LogP contribution in [0.2, 0.25) is 0 Å². The molecule has 0 N–H and O–H groups in total. The Morgan fingerprint density at radius 2 is 1.78 bits per heavy atom. The second-order valence-electron chi connectivity index (χ2n) is 6.15. The third kappa shape index (κ3) is 2.77. The maximum Gasteiger partial charge on any atom is 0.284 e. The summed E-state index contributed by atoms with van der Waals surface area (Å²) in [6, 6.07) is 0.559. The Bertz CT molecular complexity index is 676. The van der Waals surface area contributed by atoms with E-state index in [9.17, 15) is 8.78 Å². The minimum Gasteiger partial charge on any atom is -0.355 e. The smallest absolute Gasteiger partial charge is 0.284 e. The van der Waals surface area contributed by atoms with Crippen LogP contribution in [0, 0.1) is 0 Å². The fourth-order valence-electron chi connectivity index (χ4n) is 3.27. The maximum absolute atomic E-state index is 13.1. The summed E-state index contributed by atoms with van der Waals surface area (Å²) in [5.74, 6) is 1.69. The van der Waals surface area contributed by atoms with Crippen LogP contribution >= 0.6 is 0 Å². The van der Waals surface area contributed by atoms with Crippen LogP contribution in [0.3, 0.4) is 0 Å². The highest BCUT2D eigenvalue weighted by Gasteiger charge is 2.32. The van der Waals surface area contributed by atoms with Gasteiger partial charge in [-0.05, 0) is 25.7 Å². The van der Waals surface area contributed by atoms with Crippen molar-refractivity contribution in [1.29, 1.82) is 0 Å². The van der Waals surface area contributed by atoms with Crippen LogP contribution in [0.5, 0.6) is 0 Å². The zero-order valence-electron chi connectivity index (χ0n) is 12.6. The molecule has 4 rings (SSSR count). The average molecular weight is 320 g/mol. The van der Waals surface area contributed by atoms with E-state index in [0.717, 1.165) is 18.7 Å². The highest BCUT2D eigenvalue weighted by molar-refractivity contribution is 5.44. The molecule has 1 aliphatic heterocycles. The van der Waals surface area contributed by atoms with E-state index in [4.69, 9.17) is 0 Å². The largest absolute Gasteiger partial charge is 0.355 e. The Balaban J connectivity index is 1.48. The fraction of sp³-hybridized carbons (Fsp3) is 0.600. The van der Waals surface area contributed by atoms with Crippen molar-refractivity contribution in [2.24, 2.45) is 0 Å². The summed E-state index contributed by atoms with van der Waals surface area (Å²) in [5.41, 5.74) is -0.230. The maximum atomic E-state index is 13.1. The first-order chi connectivity index (χ1) is 11.2. The van der Waals surface area contributed by atoms with E-state index in [0.29, 0.717) is 30.9 Å². The summed E-state index contributed by atoms with van der Waals surface area (Å²) in [5, 5.41) is 8.34. The molecule has 0 bridgehead atoms. The molecule has 0 radical (unpaired) electrons. The molecule has 8 heteroatoms.